The molecule has 168 valence electrons. The molecule has 0 radical (unpaired) electrons. The number of pyridine rings is 1. The van der Waals surface area contributed by atoms with Crippen LogP contribution in [0.25, 0.3) is 0 Å². The predicted octanol–water partition coefficient (Wildman–Crippen LogP) is 4.79. The van der Waals surface area contributed by atoms with Gasteiger partial charge in [-0.1, -0.05) is 0 Å². The van der Waals surface area contributed by atoms with Crippen LogP contribution >= 0.6 is 0 Å². The highest BCUT2D eigenvalue weighted by atomic mass is 32.2. The standard InChI is InChI=1S/C21H17F3N2O5S/c1-13-11-12-25-18(19(13)31-32(2,28)29)20(27)26-15-5-9-17(10-6-15)30-16-7-3-14(4-8-16)21(22,23)24/h3-12H,1-2H3,(H,26,27). The number of anilines is 1. The number of aryl methyl sites for hydroxylation is 1. The summed E-state index contributed by atoms with van der Waals surface area (Å²) in [5.41, 5.74) is -0.230. The van der Waals surface area contributed by atoms with Crippen molar-refractivity contribution in [1.82, 2.24) is 4.98 Å². The van der Waals surface area contributed by atoms with Crippen LogP contribution in [0.3, 0.4) is 0 Å². The summed E-state index contributed by atoms with van der Waals surface area (Å²) < 4.78 is 71.3. The molecule has 0 saturated heterocycles. The molecule has 0 saturated carbocycles. The van der Waals surface area contributed by atoms with Gasteiger partial charge >= 0.3 is 16.3 Å². The number of carbonyl (C=O) groups is 1. The van der Waals surface area contributed by atoms with E-state index in [1.807, 2.05) is 0 Å². The van der Waals surface area contributed by atoms with E-state index in [-0.39, 0.29) is 17.2 Å². The van der Waals surface area contributed by atoms with E-state index in [1.165, 1.54) is 48.7 Å². The highest BCUT2D eigenvalue weighted by Gasteiger charge is 2.30. The molecule has 0 aliphatic heterocycles. The minimum atomic E-state index is -4.43. The maximum absolute atomic E-state index is 12.6. The summed E-state index contributed by atoms with van der Waals surface area (Å²) in [6.45, 7) is 1.58. The van der Waals surface area contributed by atoms with Gasteiger partial charge in [0.25, 0.3) is 5.91 Å². The van der Waals surface area contributed by atoms with Crippen LogP contribution in [-0.4, -0.2) is 25.6 Å². The number of alkyl halides is 3. The second-order valence-electron chi connectivity index (χ2n) is 6.70. The van der Waals surface area contributed by atoms with E-state index in [4.69, 9.17) is 8.92 Å². The van der Waals surface area contributed by atoms with Gasteiger partial charge in [0.15, 0.2) is 11.4 Å². The van der Waals surface area contributed by atoms with Gasteiger partial charge in [-0.15, -0.1) is 0 Å². The Kier molecular flexibility index (Phi) is 6.40. The number of aromatic nitrogens is 1. The average molecular weight is 466 g/mol. The van der Waals surface area contributed by atoms with Gasteiger partial charge in [0.05, 0.1) is 11.8 Å². The fourth-order valence-electron chi connectivity index (χ4n) is 2.61. The van der Waals surface area contributed by atoms with Gasteiger partial charge in [0, 0.05) is 11.9 Å². The first-order valence-corrected chi connectivity index (χ1v) is 10.9. The molecule has 0 fully saturated rings. The molecule has 2 aromatic carbocycles. The topological polar surface area (TPSA) is 94.6 Å². The van der Waals surface area contributed by atoms with Crippen LogP contribution in [0.4, 0.5) is 18.9 Å². The molecule has 1 N–H and O–H groups in total. The SMILES string of the molecule is Cc1ccnc(C(=O)Nc2ccc(Oc3ccc(C(F)(F)F)cc3)cc2)c1OS(C)(=O)=O. The van der Waals surface area contributed by atoms with Gasteiger partial charge in [0.2, 0.25) is 0 Å². The Morgan fingerprint density at radius 3 is 2.06 bits per heavy atom. The summed E-state index contributed by atoms with van der Waals surface area (Å²) in [4.78, 5) is 16.5. The van der Waals surface area contributed by atoms with Crippen molar-refractivity contribution < 1.29 is 35.3 Å². The Bertz CT molecular complexity index is 1230. The zero-order valence-electron chi connectivity index (χ0n) is 16.8. The summed E-state index contributed by atoms with van der Waals surface area (Å²) >= 11 is 0. The molecule has 1 heterocycles. The van der Waals surface area contributed by atoms with E-state index >= 15 is 0 Å². The van der Waals surface area contributed by atoms with Crippen LogP contribution in [-0.2, 0) is 16.3 Å². The first kappa shape index (κ1) is 23.1. The van der Waals surface area contributed by atoms with Crippen LogP contribution < -0.4 is 14.2 Å². The second kappa shape index (κ2) is 8.87. The normalized spacial score (nSPS) is 11.7. The van der Waals surface area contributed by atoms with E-state index in [0.29, 0.717) is 17.0 Å². The van der Waals surface area contributed by atoms with Crippen molar-refractivity contribution in [3.8, 4) is 17.2 Å². The molecule has 1 amide bonds. The number of carbonyl (C=O) groups excluding carboxylic acids is 1. The zero-order valence-corrected chi connectivity index (χ0v) is 17.6. The summed E-state index contributed by atoms with van der Waals surface area (Å²) in [5.74, 6) is -0.322. The molecule has 0 aliphatic carbocycles. The summed E-state index contributed by atoms with van der Waals surface area (Å²) in [7, 11) is -3.87. The number of benzene rings is 2. The molecular formula is C21H17F3N2O5S. The van der Waals surface area contributed by atoms with Crippen molar-refractivity contribution in [1.29, 1.82) is 0 Å². The Balaban J connectivity index is 1.71. The van der Waals surface area contributed by atoms with Crippen LogP contribution in [0.15, 0.2) is 60.8 Å². The highest BCUT2D eigenvalue weighted by Crippen LogP contribution is 2.31. The molecule has 11 heteroatoms. The molecular weight excluding hydrogens is 449 g/mol. The first-order valence-electron chi connectivity index (χ1n) is 9.04. The highest BCUT2D eigenvalue weighted by molar-refractivity contribution is 7.86. The lowest BCUT2D eigenvalue weighted by Crippen LogP contribution is -2.18. The Morgan fingerprint density at radius 2 is 1.53 bits per heavy atom. The molecule has 3 aromatic rings. The maximum Gasteiger partial charge on any atom is 0.416 e. The van der Waals surface area contributed by atoms with Crippen LogP contribution in [0.5, 0.6) is 17.2 Å². The molecule has 0 unspecified atom stereocenters. The minimum absolute atomic E-state index is 0.172. The third-order valence-electron chi connectivity index (χ3n) is 4.08. The van der Waals surface area contributed by atoms with Gasteiger partial charge in [-0.25, -0.2) is 4.98 Å². The maximum atomic E-state index is 12.6. The van der Waals surface area contributed by atoms with E-state index < -0.39 is 27.8 Å². The molecule has 0 bridgehead atoms. The third kappa shape index (κ3) is 5.97. The number of ether oxygens (including phenoxy) is 1. The van der Waals surface area contributed by atoms with Crippen LogP contribution in [0.2, 0.25) is 0 Å². The summed E-state index contributed by atoms with van der Waals surface area (Å²) in [5, 5.41) is 2.57. The number of halogens is 3. The van der Waals surface area contributed by atoms with Crippen molar-refractivity contribution in [2.45, 2.75) is 13.1 Å². The number of rotatable bonds is 6. The molecule has 7 nitrogen and oxygen atoms in total. The number of hydrogen-bond acceptors (Lipinski definition) is 6. The van der Waals surface area contributed by atoms with Crippen LogP contribution in [0, 0.1) is 6.92 Å². The molecule has 32 heavy (non-hydrogen) atoms. The van der Waals surface area contributed by atoms with Crippen molar-refractivity contribution >= 4 is 21.7 Å². The second-order valence-corrected chi connectivity index (χ2v) is 8.27. The van der Waals surface area contributed by atoms with Gasteiger partial charge in [-0.3, -0.25) is 4.79 Å². The molecule has 3 rings (SSSR count). The molecule has 0 atom stereocenters. The smallest absolute Gasteiger partial charge is 0.416 e. The quantitative estimate of drug-likeness (QED) is 0.525. The first-order chi connectivity index (χ1) is 14.9. The molecule has 1 aromatic heterocycles. The minimum Gasteiger partial charge on any atom is -0.457 e. The Labute approximate surface area is 181 Å². The van der Waals surface area contributed by atoms with E-state index in [2.05, 4.69) is 10.3 Å². The number of hydrogen-bond donors (Lipinski definition) is 1. The van der Waals surface area contributed by atoms with Crippen LogP contribution in [0.1, 0.15) is 21.6 Å². The lowest BCUT2D eigenvalue weighted by Gasteiger charge is -2.12. The number of nitrogens with one attached hydrogen (secondary N) is 1. The molecule has 0 aliphatic rings. The fraction of sp³-hybridized carbons (Fsp3) is 0.143. The zero-order chi connectivity index (χ0) is 23.5. The molecule has 0 spiro atoms. The van der Waals surface area contributed by atoms with Crippen molar-refractivity contribution in [3.63, 3.8) is 0 Å². The summed E-state index contributed by atoms with van der Waals surface area (Å²) in [6, 6.07) is 11.7. The summed E-state index contributed by atoms with van der Waals surface area (Å²) in [6.07, 6.45) is -2.23. The van der Waals surface area contributed by atoms with Gasteiger partial charge < -0.3 is 14.2 Å². The monoisotopic (exact) mass is 466 g/mol. The third-order valence-corrected chi connectivity index (χ3v) is 4.55. The predicted molar refractivity (Wildman–Crippen MR) is 110 cm³/mol. The van der Waals surface area contributed by atoms with Crippen molar-refractivity contribution in [2.75, 3.05) is 11.6 Å². The van der Waals surface area contributed by atoms with E-state index in [9.17, 15) is 26.4 Å². The Morgan fingerprint density at radius 1 is 0.969 bits per heavy atom. The number of amides is 1. The van der Waals surface area contributed by atoms with E-state index in [1.54, 1.807) is 6.92 Å². The van der Waals surface area contributed by atoms with Gasteiger partial charge in [-0.05, 0) is 67.1 Å². The average Bonchev–Trinajstić information content (AvgIpc) is 2.70. The lowest BCUT2D eigenvalue weighted by atomic mass is 10.2. The van der Waals surface area contributed by atoms with Gasteiger partial charge in [0.1, 0.15) is 11.5 Å². The largest absolute Gasteiger partial charge is 0.457 e. The van der Waals surface area contributed by atoms with E-state index in [0.717, 1.165) is 18.4 Å². The Hall–Kier alpha value is -3.60. The van der Waals surface area contributed by atoms with Crippen molar-refractivity contribution in [3.05, 3.63) is 77.6 Å². The van der Waals surface area contributed by atoms with Gasteiger partial charge in [-0.2, -0.15) is 21.6 Å². The lowest BCUT2D eigenvalue weighted by molar-refractivity contribution is -0.137. The fourth-order valence-corrected chi connectivity index (χ4v) is 3.12. The number of nitrogens with zero attached hydrogens (tertiary/aromatic N) is 1. The van der Waals surface area contributed by atoms with Crippen molar-refractivity contribution in [2.24, 2.45) is 0 Å².